The van der Waals surface area contributed by atoms with Crippen molar-refractivity contribution in [1.82, 2.24) is 29.5 Å². The maximum Gasteiger partial charge on any atom is 0.316 e. The normalized spacial score (nSPS) is 12.9. The average molecular weight is 288 g/mol. The first-order chi connectivity index (χ1) is 10.3. The lowest BCUT2D eigenvalue weighted by molar-refractivity contribution is -0.145. The summed E-state index contributed by atoms with van der Waals surface area (Å²) in [4.78, 5) is 23.5. The Bertz CT molecular complexity index is 777. The molecule has 3 rings (SSSR count). The Morgan fingerprint density at radius 1 is 1.38 bits per heavy atom. The van der Waals surface area contributed by atoms with Crippen LogP contribution in [0.1, 0.15) is 38.4 Å². The zero-order chi connectivity index (χ0) is 14.8. The number of imidazole rings is 1. The van der Waals surface area contributed by atoms with Crippen LogP contribution >= 0.6 is 0 Å². The highest BCUT2D eigenvalue weighted by Gasteiger charge is 2.27. The highest BCUT2D eigenvalue weighted by Crippen LogP contribution is 2.23. The van der Waals surface area contributed by atoms with Crippen molar-refractivity contribution >= 4 is 22.8 Å². The Balaban J connectivity index is 2.11. The summed E-state index contributed by atoms with van der Waals surface area (Å²) >= 11 is 0. The first-order valence-electron chi connectivity index (χ1n) is 6.95. The van der Waals surface area contributed by atoms with Crippen molar-refractivity contribution in [2.75, 3.05) is 6.61 Å². The number of carbonyl (C=O) groups excluding carboxylic acids is 1. The number of nitrogens with zero attached hydrogens (tertiary/aromatic N) is 5. The van der Waals surface area contributed by atoms with Crippen molar-refractivity contribution in [2.24, 2.45) is 0 Å². The number of hydrogen-bond donors (Lipinski definition) is 1. The van der Waals surface area contributed by atoms with Crippen LogP contribution in [0.4, 0.5) is 0 Å². The van der Waals surface area contributed by atoms with Gasteiger partial charge in [0, 0.05) is 0 Å². The minimum absolute atomic E-state index is 0.279. The smallest absolute Gasteiger partial charge is 0.316 e. The maximum absolute atomic E-state index is 12.1. The molecule has 110 valence electrons. The van der Waals surface area contributed by atoms with Crippen LogP contribution in [-0.2, 0) is 9.53 Å². The Morgan fingerprint density at radius 3 is 3.00 bits per heavy atom. The van der Waals surface area contributed by atoms with E-state index >= 15 is 0 Å². The first kappa shape index (κ1) is 13.5. The molecule has 0 saturated carbocycles. The van der Waals surface area contributed by atoms with E-state index in [1.165, 1.54) is 0 Å². The Kier molecular flexibility index (Phi) is 3.51. The van der Waals surface area contributed by atoms with Gasteiger partial charge in [-0.3, -0.25) is 9.20 Å². The Morgan fingerprint density at radius 2 is 2.24 bits per heavy atom. The molecule has 0 aromatic carbocycles. The quantitative estimate of drug-likeness (QED) is 0.713. The molecule has 3 heterocycles. The number of esters is 1. The molecule has 0 bridgehead atoms. The zero-order valence-corrected chi connectivity index (χ0v) is 11.9. The second-order valence-electron chi connectivity index (χ2n) is 4.69. The number of carbonyl (C=O) groups is 1. The van der Waals surface area contributed by atoms with E-state index in [1.54, 1.807) is 24.0 Å². The van der Waals surface area contributed by atoms with Gasteiger partial charge >= 0.3 is 5.97 Å². The highest BCUT2D eigenvalue weighted by molar-refractivity contribution is 5.85. The van der Waals surface area contributed by atoms with Crippen LogP contribution < -0.4 is 0 Å². The van der Waals surface area contributed by atoms with Gasteiger partial charge in [0.05, 0.1) is 12.9 Å². The fourth-order valence-electron chi connectivity index (χ4n) is 2.37. The molecule has 0 amide bonds. The second-order valence-corrected chi connectivity index (χ2v) is 4.69. The molecule has 0 aliphatic heterocycles. The summed E-state index contributed by atoms with van der Waals surface area (Å²) in [7, 11) is 0. The van der Waals surface area contributed by atoms with E-state index in [2.05, 4.69) is 25.1 Å². The third kappa shape index (κ3) is 2.22. The number of H-pyrrole nitrogens is 1. The van der Waals surface area contributed by atoms with Crippen LogP contribution in [0, 0.1) is 0 Å². The number of fused-ring (bicyclic) bond motifs is 3. The van der Waals surface area contributed by atoms with Gasteiger partial charge in [-0.1, -0.05) is 13.3 Å². The monoisotopic (exact) mass is 288 g/mol. The van der Waals surface area contributed by atoms with Crippen molar-refractivity contribution in [3.8, 4) is 0 Å². The number of nitrogens with one attached hydrogen (secondary N) is 1. The minimum atomic E-state index is -0.438. The lowest BCUT2D eigenvalue weighted by atomic mass is 10.0. The summed E-state index contributed by atoms with van der Waals surface area (Å²) in [6.07, 6.45) is 4.65. The molecule has 1 N–H and O–H groups in total. The van der Waals surface area contributed by atoms with Crippen LogP contribution in [0.25, 0.3) is 16.8 Å². The van der Waals surface area contributed by atoms with E-state index in [-0.39, 0.29) is 5.97 Å². The molecule has 8 heteroatoms. The van der Waals surface area contributed by atoms with Gasteiger partial charge in [-0.05, 0) is 13.3 Å². The summed E-state index contributed by atoms with van der Waals surface area (Å²) in [6.45, 7) is 4.15. The number of hydrogen-bond acceptors (Lipinski definition) is 6. The topological polar surface area (TPSA) is 98.1 Å². The molecule has 8 nitrogen and oxygen atoms in total. The molecular weight excluding hydrogens is 272 g/mol. The van der Waals surface area contributed by atoms with Crippen LogP contribution in [0.15, 0.2) is 12.7 Å². The van der Waals surface area contributed by atoms with Gasteiger partial charge in [0.15, 0.2) is 17.1 Å². The van der Waals surface area contributed by atoms with Gasteiger partial charge in [-0.15, -0.1) is 10.2 Å². The number of ether oxygens (including phenoxy) is 1. The van der Waals surface area contributed by atoms with Crippen molar-refractivity contribution in [3.05, 3.63) is 18.5 Å². The molecule has 3 aromatic rings. The van der Waals surface area contributed by atoms with Crippen molar-refractivity contribution < 1.29 is 9.53 Å². The van der Waals surface area contributed by atoms with Gasteiger partial charge in [0.2, 0.25) is 0 Å². The van der Waals surface area contributed by atoms with Gasteiger partial charge in [0.1, 0.15) is 17.8 Å². The summed E-state index contributed by atoms with van der Waals surface area (Å²) < 4.78 is 6.86. The Labute approximate surface area is 120 Å². The lowest BCUT2D eigenvalue weighted by Crippen LogP contribution is -2.18. The lowest BCUT2D eigenvalue weighted by Gasteiger charge is -2.12. The van der Waals surface area contributed by atoms with Crippen LogP contribution in [-0.4, -0.2) is 42.1 Å². The van der Waals surface area contributed by atoms with Crippen LogP contribution in [0.3, 0.4) is 0 Å². The molecule has 1 atom stereocenters. The predicted octanol–water partition coefficient (Wildman–Crippen LogP) is 1.45. The largest absolute Gasteiger partial charge is 0.465 e. The number of aromatic nitrogens is 6. The van der Waals surface area contributed by atoms with E-state index in [4.69, 9.17) is 4.74 Å². The summed E-state index contributed by atoms with van der Waals surface area (Å²) in [5, 5.41) is 8.33. The fraction of sp³-hybridized carbons (Fsp3) is 0.462. The molecular formula is C13H16N6O2. The Hall–Kier alpha value is -2.51. The van der Waals surface area contributed by atoms with E-state index in [0.29, 0.717) is 35.7 Å². The molecule has 0 fully saturated rings. The third-order valence-electron chi connectivity index (χ3n) is 3.32. The van der Waals surface area contributed by atoms with E-state index in [9.17, 15) is 4.79 Å². The minimum Gasteiger partial charge on any atom is -0.465 e. The van der Waals surface area contributed by atoms with Gasteiger partial charge in [0.25, 0.3) is 0 Å². The summed E-state index contributed by atoms with van der Waals surface area (Å²) in [5.41, 5.74) is 1.89. The van der Waals surface area contributed by atoms with E-state index in [1.807, 2.05) is 6.92 Å². The van der Waals surface area contributed by atoms with Crippen molar-refractivity contribution in [1.29, 1.82) is 0 Å². The van der Waals surface area contributed by atoms with Crippen molar-refractivity contribution in [3.63, 3.8) is 0 Å². The molecule has 0 spiro atoms. The standard InChI is InChI=1S/C13H16N6O2/c1-3-5-8(13(20)21-4-2)11-17-18-12-9-10(15-6-14-9)16-7-19(11)12/h6-8H,3-5H2,1-2H3,(H,14,15). The van der Waals surface area contributed by atoms with Crippen LogP contribution in [0.5, 0.6) is 0 Å². The average Bonchev–Trinajstić information content (AvgIpc) is 3.10. The SMILES string of the molecule is CCCC(C(=O)OCC)c1nnc2c3[nH]cnc3ncn12. The molecule has 0 radical (unpaired) electrons. The predicted molar refractivity (Wildman–Crippen MR) is 74.7 cm³/mol. The number of aromatic amines is 1. The van der Waals surface area contributed by atoms with Gasteiger partial charge in [-0.2, -0.15) is 0 Å². The molecule has 0 aliphatic carbocycles. The van der Waals surface area contributed by atoms with Gasteiger partial charge in [-0.25, -0.2) is 9.97 Å². The van der Waals surface area contributed by atoms with Crippen LogP contribution in [0.2, 0.25) is 0 Å². The van der Waals surface area contributed by atoms with E-state index < -0.39 is 5.92 Å². The highest BCUT2D eigenvalue weighted by atomic mass is 16.5. The molecule has 21 heavy (non-hydrogen) atoms. The zero-order valence-electron chi connectivity index (χ0n) is 11.9. The second kappa shape index (κ2) is 5.47. The summed E-state index contributed by atoms with van der Waals surface area (Å²) in [6, 6.07) is 0. The molecule has 3 aromatic heterocycles. The number of rotatable bonds is 5. The van der Waals surface area contributed by atoms with E-state index in [0.717, 1.165) is 6.42 Å². The first-order valence-corrected chi connectivity index (χ1v) is 6.95. The molecule has 0 saturated heterocycles. The molecule has 1 unspecified atom stereocenters. The maximum atomic E-state index is 12.1. The fourth-order valence-corrected chi connectivity index (χ4v) is 2.37. The summed E-state index contributed by atoms with van der Waals surface area (Å²) in [5.74, 6) is -0.167. The molecule has 0 aliphatic rings. The third-order valence-corrected chi connectivity index (χ3v) is 3.32. The van der Waals surface area contributed by atoms with Gasteiger partial charge < -0.3 is 9.72 Å². The van der Waals surface area contributed by atoms with Crippen molar-refractivity contribution in [2.45, 2.75) is 32.6 Å².